The maximum Gasteiger partial charge on any atom is 0.0625 e. The summed E-state index contributed by atoms with van der Waals surface area (Å²) in [7, 11) is 0. The lowest BCUT2D eigenvalue weighted by Crippen LogP contribution is -1.96. The monoisotopic (exact) mass is 362 g/mol. The van der Waals surface area contributed by atoms with Gasteiger partial charge in [0.15, 0.2) is 0 Å². The summed E-state index contributed by atoms with van der Waals surface area (Å²) in [6, 6.07) is 13.6. The van der Waals surface area contributed by atoms with E-state index in [2.05, 4.69) is 15.9 Å². The summed E-state index contributed by atoms with van der Waals surface area (Å²) in [6.45, 7) is 0. The number of hydrogen-bond donors (Lipinski definition) is 0. The van der Waals surface area contributed by atoms with E-state index in [4.69, 9.17) is 34.8 Å². The minimum absolute atomic E-state index is 0.0836. The van der Waals surface area contributed by atoms with Crippen LogP contribution in [0.1, 0.15) is 16.5 Å². The molecule has 0 fully saturated rings. The van der Waals surface area contributed by atoms with Crippen LogP contribution in [0.3, 0.4) is 0 Å². The molecule has 0 saturated carbocycles. The van der Waals surface area contributed by atoms with Crippen molar-refractivity contribution in [3.63, 3.8) is 0 Å². The highest BCUT2D eigenvalue weighted by Gasteiger charge is 2.10. The molecule has 0 N–H and O–H groups in total. The molecule has 0 aliphatic rings. The second-order valence-electron chi connectivity index (χ2n) is 3.98. The second-order valence-corrected chi connectivity index (χ2v) is 6.23. The quantitative estimate of drug-likeness (QED) is 0.562. The van der Waals surface area contributed by atoms with Gasteiger partial charge in [0.05, 0.1) is 15.4 Å². The van der Waals surface area contributed by atoms with Gasteiger partial charge in [-0.1, -0.05) is 57.3 Å². The van der Waals surface area contributed by atoms with Crippen LogP contribution in [0.2, 0.25) is 10.0 Å². The maximum atomic E-state index is 6.41. The van der Waals surface area contributed by atoms with Gasteiger partial charge in [-0.2, -0.15) is 0 Å². The van der Waals surface area contributed by atoms with Gasteiger partial charge < -0.3 is 0 Å². The Morgan fingerprint density at radius 1 is 1.00 bits per heavy atom. The summed E-state index contributed by atoms with van der Waals surface area (Å²) in [4.78, 5) is 0. The van der Waals surface area contributed by atoms with Crippen LogP contribution in [-0.2, 0) is 6.42 Å². The summed E-state index contributed by atoms with van der Waals surface area (Å²) < 4.78 is 1.03. The maximum absolute atomic E-state index is 6.41. The molecule has 0 bridgehead atoms. The van der Waals surface area contributed by atoms with Crippen LogP contribution in [0.5, 0.6) is 0 Å². The molecule has 2 aromatic rings. The molecule has 0 nitrogen and oxygen atoms in total. The third-order valence-electron chi connectivity index (χ3n) is 2.61. The SMILES string of the molecule is Clc1ccc(CC(Cl)c2cccc(Br)c2)cc1Cl. The molecule has 18 heavy (non-hydrogen) atoms. The normalized spacial score (nSPS) is 12.4. The molecule has 0 radical (unpaired) electrons. The Labute approximate surface area is 130 Å². The van der Waals surface area contributed by atoms with Crippen molar-refractivity contribution in [1.82, 2.24) is 0 Å². The van der Waals surface area contributed by atoms with Crippen LogP contribution in [0.4, 0.5) is 0 Å². The van der Waals surface area contributed by atoms with Gasteiger partial charge in [0.25, 0.3) is 0 Å². The summed E-state index contributed by atoms with van der Waals surface area (Å²) in [5.41, 5.74) is 2.15. The first-order valence-corrected chi connectivity index (χ1v) is 7.38. The van der Waals surface area contributed by atoms with E-state index < -0.39 is 0 Å². The number of alkyl halides is 1. The van der Waals surface area contributed by atoms with Gasteiger partial charge in [-0.05, 0) is 41.8 Å². The van der Waals surface area contributed by atoms with E-state index in [9.17, 15) is 0 Å². The van der Waals surface area contributed by atoms with E-state index in [1.54, 1.807) is 6.07 Å². The van der Waals surface area contributed by atoms with Crippen LogP contribution in [0.25, 0.3) is 0 Å². The Balaban J connectivity index is 2.16. The topological polar surface area (TPSA) is 0 Å². The summed E-state index contributed by atoms with van der Waals surface area (Å²) in [5, 5.41) is 1.04. The lowest BCUT2D eigenvalue weighted by atomic mass is 10.0. The molecule has 0 aromatic heterocycles. The van der Waals surface area contributed by atoms with E-state index in [1.165, 1.54) is 0 Å². The van der Waals surface area contributed by atoms with Gasteiger partial charge in [-0.3, -0.25) is 0 Å². The zero-order chi connectivity index (χ0) is 13.1. The van der Waals surface area contributed by atoms with Crippen molar-refractivity contribution in [2.75, 3.05) is 0 Å². The number of rotatable bonds is 3. The van der Waals surface area contributed by atoms with Crippen molar-refractivity contribution < 1.29 is 0 Å². The van der Waals surface area contributed by atoms with Crippen LogP contribution >= 0.6 is 50.7 Å². The average Bonchev–Trinajstić information content (AvgIpc) is 2.34. The average molecular weight is 364 g/mol. The molecule has 0 aliphatic heterocycles. The van der Waals surface area contributed by atoms with E-state index in [0.29, 0.717) is 10.0 Å². The van der Waals surface area contributed by atoms with Crippen molar-refractivity contribution in [3.8, 4) is 0 Å². The Bertz CT molecular complexity index is 554. The number of halogens is 4. The molecule has 0 spiro atoms. The third kappa shape index (κ3) is 3.64. The standard InChI is InChI=1S/C14H10BrCl3/c15-11-3-1-2-10(8-11)13(17)6-9-4-5-12(16)14(18)7-9/h1-5,7-8,13H,6H2. The fourth-order valence-electron chi connectivity index (χ4n) is 1.69. The molecule has 0 saturated heterocycles. The highest BCUT2D eigenvalue weighted by Crippen LogP contribution is 2.29. The van der Waals surface area contributed by atoms with Gasteiger partial charge >= 0.3 is 0 Å². The summed E-state index contributed by atoms with van der Waals surface area (Å²) in [5.74, 6) is 0. The lowest BCUT2D eigenvalue weighted by molar-refractivity contribution is 0.919. The molecule has 0 heterocycles. The fourth-order valence-corrected chi connectivity index (χ4v) is 2.74. The highest BCUT2D eigenvalue weighted by molar-refractivity contribution is 9.10. The zero-order valence-electron chi connectivity index (χ0n) is 9.34. The van der Waals surface area contributed by atoms with Crippen LogP contribution in [0, 0.1) is 0 Å². The molecule has 1 unspecified atom stereocenters. The van der Waals surface area contributed by atoms with E-state index in [-0.39, 0.29) is 5.38 Å². The summed E-state index contributed by atoms with van der Waals surface area (Å²) in [6.07, 6.45) is 0.717. The smallest absolute Gasteiger partial charge is 0.0625 e. The highest BCUT2D eigenvalue weighted by atomic mass is 79.9. The van der Waals surface area contributed by atoms with Gasteiger partial charge in [0.1, 0.15) is 0 Å². The Morgan fingerprint density at radius 2 is 1.78 bits per heavy atom. The molecule has 0 amide bonds. The Morgan fingerprint density at radius 3 is 2.44 bits per heavy atom. The summed E-state index contributed by atoms with van der Waals surface area (Å²) >= 11 is 21.7. The van der Waals surface area contributed by atoms with E-state index >= 15 is 0 Å². The first kappa shape index (κ1) is 14.2. The van der Waals surface area contributed by atoms with Crippen LogP contribution in [0.15, 0.2) is 46.9 Å². The van der Waals surface area contributed by atoms with Crippen molar-refractivity contribution in [2.45, 2.75) is 11.8 Å². The van der Waals surface area contributed by atoms with E-state index in [1.807, 2.05) is 36.4 Å². The first-order chi connectivity index (χ1) is 8.56. The molecule has 0 aliphatic carbocycles. The fraction of sp³-hybridized carbons (Fsp3) is 0.143. The first-order valence-electron chi connectivity index (χ1n) is 5.40. The molecule has 4 heteroatoms. The molecule has 2 rings (SSSR count). The minimum atomic E-state index is -0.0836. The van der Waals surface area contributed by atoms with Gasteiger partial charge in [-0.15, -0.1) is 11.6 Å². The van der Waals surface area contributed by atoms with Crippen LogP contribution < -0.4 is 0 Å². The van der Waals surface area contributed by atoms with Crippen molar-refractivity contribution in [2.24, 2.45) is 0 Å². The largest absolute Gasteiger partial charge is 0.117 e. The molecule has 2 aromatic carbocycles. The minimum Gasteiger partial charge on any atom is -0.117 e. The van der Waals surface area contributed by atoms with Gasteiger partial charge in [0.2, 0.25) is 0 Å². The predicted octanol–water partition coefficient (Wildman–Crippen LogP) is 6.28. The predicted molar refractivity (Wildman–Crippen MR) is 82.9 cm³/mol. The Kier molecular flexibility index (Phi) is 4.97. The number of benzene rings is 2. The lowest BCUT2D eigenvalue weighted by Gasteiger charge is -2.11. The van der Waals surface area contributed by atoms with Gasteiger partial charge in [0, 0.05) is 4.47 Å². The zero-order valence-corrected chi connectivity index (χ0v) is 13.2. The molecule has 94 valence electrons. The van der Waals surface area contributed by atoms with Crippen LogP contribution in [-0.4, -0.2) is 0 Å². The second kappa shape index (κ2) is 6.29. The molecule has 1 atom stereocenters. The number of hydrogen-bond acceptors (Lipinski definition) is 0. The van der Waals surface area contributed by atoms with E-state index in [0.717, 1.165) is 22.0 Å². The van der Waals surface area contributed by atoms with Crippen molar-refractivity contribution >= 4 is 50.7 Å². The Hall–Kier alpha value is -0.210. The van der Waals surface area contributed by atoms with Gasteiger partial charge in [-0.25, -0.2) is 0 Å². The van der Waals surface area contributed by atoms with Crippen molar-refractivity contribution in [3.05, 3.63) is 68.1 Å². The third-order valence-corrected chi connectivity index (χ3v) is 4.25. The van der Waals surface area contributed by atoms with Crippen molar-refractivity contribution in [1.29, 1.82) is 0 Å². The molecular weight excluding hydrogens is 354 g/mol. The molecular formula is C14H10BrCl3.